The number of aromatic nitrogens is 1. The van der Waals surface area contributed by atoms with Crippen LogP contribution in [0.3, 0.4) is 0 Å². The lowest BCUT2D eigenvalue weighted by Gasteiger charge is -2.18. The van der Waals surface area contributed by atoms with Crippen LogP contribution in [0.25, 0.3) is 10.2 Å². The standard InChI is InChI=1S/C16H23NS/c1-6-14-12(7-8-16(3,4)5)10-13-9-11(2)18-15(13)17-14/h9-10H,6-8H2,1-5H3. The molecule has 0 amide bonds. The maximum absolute atomic E-state index is 4.83. The van der Waals surface area contributed by atoms with Gasteiger partial charge in [-0.15, -0.1) is 11.3 Å². The quantitative estimate of drug-likeness (QED) is 0.745. The molecule has 0 aromatic carbocycles. The third kappa shape index (κ3) is 3.11. The highest BCUT2D eigenvalue weighted by Gasteiger charge is 2.13. The summed E-state index contributed by atoms with van der Waals surface area (Å²) in [6, 6.07) is 4.61. The summed E-state index contributed by atoms with van der Waals surface area (Å²) in [6.45, 7) is 11.3. The van der Waals surface area contributed by atoms with Crippen molar-refractivity contribution in [2.75, 3.05) is 0 Å². The molecule has 2 aromatic heterocycles. The SMILES string of the molecule is CCc1nc2sc(C)cc2cc1CCC(C)(C)C. The molecule has 0 aliphatic carbocycles. The van der Waals surface area contributed by atoms with Crippen LogP contribution in [-0.4, -0.2) is 4.98 Å². The largest absolute Gasteiger partial charge is 0.242 e. The zero-order valence-electron chi connectivity index (χ0n) is 12.1. The Morgan fingerprint density at radius 1 is 1.22 bits per heavy atom. The summed E-state index contributed by atoms with van der Waals surface area (Å²) in [5.41, 5.74) is 3.12. The van der Waals surface area contributed by atoms with Crippen molar-refractivity contribution in [3.63, 3.8) is 0 Å². The van der Waals surface area contributed by atoms with Crippen LogP contribution >= 0.6 is 11.3 Å². The van der Waals surface area contributed by atoms with Crippen LogP contribution in [0.4, 0.5) is 0 Å². The van der Waals surface area contributed by atoms with Crippen LogP contribution in [0, 0.1) is 12.3 Å². The number of nitrogens with zero attached hydrogens (tertiary/aromatic N) is 1. The van der Waals surface area contributed by atoms with Crippen molar-refractivity contribution in [1.82, 2.24) is 4.98 Å². The van der Waals surface area contributed by atoms with Crippen molar-refractivity contribution in [2.24, 2.45) is 5.41 Å². The van der Waals surface area contributed by atoms with Gasteiger partial charge in [0.1, 0.15) is 4.83 Å². The number of hydrogen-bond donors (Lipinski definition) is 0. The predicted molar refractivity (Wildman–Crippen MR) is 81.5 cm³/mol. The molecule has 0 N–H and O–H groups in total. The highest BCUT2D eigenvalue weighted by molar-refractivity contribution is 7.18. The Kier molecular flexibility index (Phi) is 3.76. The van der Waals surface area contributed by atoms with Gasteiger partial charge in [-0.1, -0.05) is 27.7 Å². The third-order valence-electron chi connectivity index (χ3n) is 3.28. The summed E-state index contributed by atoms with van der Waals surface area (Å²) in [4.78, 5) is 7.39. The molecule has 98 valence electrons. The smallest absolute Gasteiger partial charge is 0.123 e. The number of aryl methyl sites for hydroxylation is 3. The molecule has 2 heterocycles. The zero-order chi connectivity index (χ0) is 13.3. The van der Waals surface area contributed by atoms with E-state index in [1.807, 2.05) is 0 Å². The molecule has 0 bridgehead atoms. The van der Waals surface area contributed by atoms with Crippen molar-refractivity contribution >= 4 is 21.6 Å². The minimum absolute atomic E-state index is 0.393. The fourth-order valence-corrected chi connectivity index (χ4v) is 3.09. The first kappa shape index (κ1) is 13.5. The first-order chi connectivity index (χ1) is 8.39. The molecule has 0 radical (unpaired) electrons. The van der Waals surface area contributed by atoms with Gasteiger partial charge in [0, 0.05) is 16.0 Å². The molecule has 2 heteroatoms. The Morgan fingerprint density at radius 2 is 1.94 bits per heavy atom. The summed E-state index contributed by atoms with van der Waals surface area (Å²) in [5.74, 6) is 0. The van der Waals surface area contributed by atoms with Crippen LogP contribution in [0.15, 0.2) is 12.1 Å². The first-order valence-corrected chi connectivity index (χ1v) is 7.59. The number of pyridine rings is 1. The molecule has 0 unspecified atom stereocenters. The van der Waals surface area contributed by atoms with E-state index in [1.54, 1.807) is 11.3 Å². The number of hydrogen-bond acceptors (Lipinski definition) is 2. The zero-order valence-corrected chi connectivity index (χ0v) is 12.9. The molecule has 0 saturated carbocycles. The Balaban J connectivity index is 2.35. The molecule has 0 saturated heterocycles. The fraction of sp³-hybridized carbons (Fsp3) is 0.562. The molecule has 0 fully saturated rings. The van der Waals surface area contributed by atoms with E-state index in [2.05, 4.69) is 46.8 Å². The topological polar surface area (TPSA) is 12.9 Å². The second kappa shape index (κ2) is 5.00. The monoisotopic (exact) mass is 261 g/mol. The van der Waals surface area contributed by atoms with E-state index in [1.165, 1.54) is 32.8 Å². The lowest BCUT2D eigenvalue weighted by atomic mass is 9.88. The van der Waals surface area contributed by atoms with Crippen molar-refractivity contribution in [3.05, 3.63) is 28.3 Å². The molecule has 0 atom stereocenters. The van der Waals surface area contributed by atoms with E-state index in [0.717, 1.165) is 12.8 Å². The summed E-state index contributed by atoms with van der Waals surface area (Å²) < 4.78 is 0. The van der Waals surface area contributed by atoms with Crippen molar-refractivity contribution < 1.29 is 0 Å². The maximum atomic E-state index is 4.83. The highest BCUT2D eigenvalue weighted by atomic mass is 32.1. The fourth-order valence-electron chi connectivity index (χ4n) is 2.21. The summed E-state index contributed by atoms with van der Waals surface area (Å²) in [7, 11) is 0. The van der Waals surface area contributed by atoms with Gasteiger partial charge in [0.2, 0.25) is 0 Å². The molecular weight excluding hydrogens is 238 g/mol. The van der Waals surface area contributed by atoms with Gasteiger partial charge in [0.05, 0.1) is 0 Å². The second-order valence-electron chi connectivity index (χ2n) is 6.26. The number of thiophene rings is 1. The average molecular weight is 261 g/mol. The van der Waals surface area contributed by atoms with Gasteiger partial charge >= 0.3 is 0 Å². The van der Waals surface area contributed by atoms with E-state index in [-0.39, 0.29) is 0 Å². The highest BCUT2D eigenvalue weighted by Crippen LogP contribution is 2.28. The molecule has 1 nitrogen and oxygen atoms in total. The molecule has 18 heavy (non-hydrogen) atoms. The summed E-state index contributed by atoms with van der Waals surface area (Å²) in [6.07, 6.45) is 3.40. The van der Waals surface area contributed by atoms with E-state index >= 15 is 0 Å². The van der Waals surface area contributed by atoms with Crippen LogP contribution in [0.2, 0.25) is 0 Å². The van der Waals surface area contributed by atoms with E-state index in [9.17, 15) is 0 Å². The van der Waals surface area contributed by atoms with Crippen LogP contribution < -0.4 is 0 Å². The molecule has 2 rings (SSSR count). The van der Waals surface area contributed by atoms with Gasteiger partial charge in [-0.25, -0.2) is 4.98 Å². The minimum atomic E-state index is 0.393. The van der Waals surface area contributed by atoms with Crippen molar-refractivity contribution in [2.45, 2.75) is 53.9 Å². The Labute approximate surface area is 114 Å². The van der Waals surface area contributed by atoms with E-state index < -0.39 is 0 Å². The normalized spacial score (nSPS) is 12.3. The van der Waals surface area contributed by atoms with Gasteiger partial charge in [-0.05, 0) is 49.3 Å². The van der Waals surface area contributed by atoms with Gasteiger partial charge in [-0.3, -0.25) is 0 Å². The third-order valence-corrected chi connectivity index (χ3v) is 4.24. The maximum Gasteiger partial charge on any atom is 0.123 e. The Hall–Kier alpha value is -0.890. The second-order valence-corrected chi connectivity index (χ2v) is 7.49. The van der Waals surface area contributed by atoms with Crippen LogP contribution in [-0.2, 0) is 12.8 Å². The first-order valence-electron chi connectivity index (χ1n) is 6.78. The lowest BCUT2D eigenvalue weighted by Crippen LogP contribution is -2.08. The van der Waals surface area contributed by atoms with Gasteiger partial charge in [0.15, 0.2) is 0 Å². The van der Waals surface area contributed by atoms with Gasteiger partial charge in [0.25, 0.3) is 0 Å². The van der Waals surface area contributed by atoms with Crippen LogP contribution in [0.5, 0.6) is 0 Å². The van der Waals surface area contributed by atoms with Gasteiger partial charge < -0.3 is 0 Å². The van der Waals surface area contributed by atoms with Crippen molar-refractivity contribution in [3.8, 4) is 0 Å². The molecular formula is C16H23NS. The molecule has 0 aliphatic rings. The number of fused-ring (bicyclic) bond motifs is 1. The summed E-state index contributed by atoms with van der Waals surface area (Å²) in [5, 5.41) is 1.32. The van der Waals surface area contributed by atoms with Gasteiger partial charge in [-0.2, -0.15) is 0 Å². The van der Waals surface area contributed by atoms with E-state index in [0.29, 0.717) is 5.41 Å². The molecule has 2 aromatic rings. The van der Waals surface area contributed by atoms with Crippen LogP contribution in [0.1, 0.15) is 50.3 Å². The lowest BCUT2D eigenvalue weighted by molar-refractivity contribution is 0.377. The average Bonchev–Trinajstić information content (AvgIpc) is 2.63. The molecule has 0 spiro atoms. The Morgan fingerprint density at radius 3 is 2.56 bits per heavy atom. The molecule has 0 aliphatic heterocycles. The minimum Gasteiger partial charge on any atom is -0.242 e. The number of rotatable bonds is 3. The van der Waals surface area contributed by atoms with E-state index in [4.69, 9.17) is 4.98 Å². The summed E-state index contributed by atoms with van der Waals surface area (Å²) >= 11 is 1.80. The van der Waals surface area contributed by atoms with Crippen molar-refractivity contribution in [1.29, 1.82) is 0 Å². The Bertz CT molecular complexity index is 546. The predicted octanol–water partition coefficient (Wildman–Crippen LogP) is 5.15.